The van der Waals surface area contributed by atoms with Gasteiger partial charge in [-0.05, 0) is 6.42 Å². The van der Waals surface area contributed by atoms with Crippen LogP contribution in [0, 0.1) is 0 Å². The first-order valence-corrected chi connectivity index (χ1v) is 4.33. The van der Waals surface area contributed by atoms with Crippen LogP contribution in [0.4, 0.5) is 0 Å². The van der Waals surface area contributed by atoms with Gasteiger partial charge in [0.15, 0.2) is 5.78 Å². The molecular weight excluding hydrogens is 186 g/mol. The third-order valence-electron chi connectivity index (χ3n) is 1.63. The Hall–Kier alpha value is -1.07. The summed E-state index contributed by atoms with van der Waals surface area (Å²) in [6.45, 7) is -0.0501. The van der Waals surface area contributed by atoms with Gasteiger partial charge < -0.3 is 15.3 Å². The minimum absolute atomic E-state index is 0.0501. The number of hydrogen-bond acceptors (Lipinski definition) is 5. The summed E-state index contributed by atoms with van der Waals surface area (Å²) < 4.78 is 4.57. The molecule has 0 radical (unpaired) electrons. The number of Topliss-reactive ketones (excluding diaryl/α,β-unsaturated/α-hetero) is 2. The van der Waals surface area contributed by atoms with Crippen LogP contribution in [0.5, 0.6) is 0 Å². The van der Waals surface area contributed by atoms with E-state index in [1.807, 2.05) is 0 Å². The van der Waals surface area contributed by atoms with E-state index in [4.69, 9.17) is 5.73 Å². The fourth-order valence-electron chi connectivity index (χ4n) is 0.916. The van der Waals surface area contributed by atoms with Crippen molar-refractivity contribution in [1.82, 2.24) is 0 Å². The van der Waals surface area contributed by atoms with Crippen LogP contribution in [0.3, 0.4) is 0 Å². The van der Waals surface area contributed by atoms with Crippen LogP contribution in [0.1, 0.15) is 19.3 Å². The van der Waals surface area contributed by atoms with Gasteiger partial charge in [-0.3, -0.25) is 9.59 Å². The summed E-state index contributed by atoms with van der Waals surface area (Å²) in [5.74, 6) is -0.457. The number of aldehydes is 1. The fraction of sp³-hybridized carbons (Fsp3) is 0.667. The molecule has 0 aliphatic carbocycles. The van der Waals surface area contributed by atoms with Crippen LogP contribution < -0.4 is 5.73 Å². The second-order valence-electron chi connectivity index (χ2n) is 3.03. The molecule has 0 aliphatic heterocycles. The standard InChI is InChI=1S/C9H15NO4/c1-14-6-9(13)4-8(12)3-2-7(10)5-11/h5,7H,2-4,6,10H2,1H3. The number of nitrogens with two attached hydrogens (primary N) is 1. The van der Waals surface area contributed by atoms with Crippen molar-refractivity contribution in [1.29, 1.82) is 0 Å². The number of carbonyl (C=O) groups excluding carboxylic acids is 3. The SMILES string of the molecule is COCC(=O)CC(=O)CCC(N)C=O. The Balaban J connectivity index is 3.65. The van der Waals surface area contributed by atoms with Crippen LogP contribution >= 0.6 is 0 Å². The number of rotatable bonds is 8. The van der Waals surface area contributed by atoms with E-state index in [1.54, 1.807) is 0 Å². The van der Waals surface area contributed by atoms with Gasteiger partial charge in [-0.25, -0.2) is 0 Å². The predicted molar refractivity (Wildman–Crippen MR) is 49.8 cm³/mol. The number of hydrogen-bond donors (Lipinski definition) is 1. The molecule has 0 saturated heterocycles. The molecule has 5 heteroatoms. The third-order valence-corrected chi connectivity index (χ3v) is 1.63. The van der Waals surface area contributed by atoms with Crippen molar-refractivity contribution in [3.63, 3.8) is 0 Å². The molecule has 0 aromatic rings. The van der Waals surface area contributed by atoms with Crippen molar-refractivity contribution in [2.45, 2.75) is 25.3 Å². The Labute approximate surface area is 82.6 Å². The van der Waals surface area contributed by atoms with E-state index in [0.717, 1.165) is 0 Å². The highest BCUT2D eigenvalue weighted by Crippen LogP contribution is 1.98. The van der Waals surface area contributed by atoms with Crippen molar-refractivity contribution in [2.75, 3.05) is 13.7 Å². The molecule has 0 aromatic heterocycles. The third kappa shape index (κ3) is 6.45. The van der Waals surface area contributed by atoms with Gasteiger partial charge in [0, 0.05) is 13.5 Å². The summed E-state index contributed by atoms with van der Waals surface area (Å²) in [6, 6.07) is -0.614. The molecule has 0 spiro atoms. The Morgan fingerprint density at radius 3 is 2.57 bits per heavy atom. The van der Waals surface area contributed by atoms with E-state index in [9.17, 15) is 14.4 Å². The van der Waals surface area contributed by atoms with Crippen molar-refractivity contribution in [3.8, 4) is 0 Å². The fourth-order valence-corrected chi connectivity index (χ4v) is 0.916. The molecule has 5 nitrogen and oxygen atoms in total. The molecule has 14 heavy (non-hydrogen) atoms. The highest BCUT2D eigenvalue weighted by atomic mass is 16.5. The summed E-state index contributed by atoms with van der Waals surface area (Å²) in [5, 5.41) is 0. The Morgan fingerprint density at radius 1 is 1.43 bits per heavy atom. The van der Waals surface area contributed by atoms with E-state index < -0.39 is 6.04 Å². The van der Waals surface area contributed by atoms with Gasteiger partial charge in [0.2, 0.25) is 0 Å². The van der Waals surface area contributed by atoms with Crippen LogP contribution in [0.2, 0.25) is 0 Å². The molecule has 1 unspecified atom stereocenters. The molecule has 80 valence electrons. The molecule has 0 amide bonds. The van der Waals surface area contributed by atoms with Crippen molar-refractivity contribution >= 4 is 17.9 Å². The first kappa shape index (κ1) is 12.9. The quantitative estimate of drug-likeness (QED) is 0.421. The lowest BCUT2D eigenvalue weighted by atomic mass is 10.1. The summed E-state index contributed by atoms with van der Waals surface area (Å²) >= 11 is 0. The highest BCUT2D eigenvalue weighted by molar-refractivity contribution is 5.99. The number of methoxy groups -OCH3 is 1. The normalized spacial score (nSPS) is 12.1. The predicted octanol–water partition coefficient (Wildman–Crippen LogP) is -0.532. The van der Waals surface area contributed by atoms with Crippen molar-refractivity contribution in [2.24, 2.45) is 5.73 Å². The van der Waals surface area contributed by atoms with E-state index in [-0.39, 0.29) is 31.0 Å². The van der Waals surface area contributed by atoms with Gasteiger partial charge in [0.1, 0.15) is 18.7 Å². The largest absolute Gasteiger partial charge is 0.377 e. The zero-order chi connectivity index (χ0) is 11.0. The van der Waals surface area contributed by atoms with E-state index in [0.29, 0.717) is 12.7 Å². The highest BCUT2D eigenvalue weighted by Gasteiger charge is 2.10. The average molecular weight is 201 g/mol. The van der Waals surface area contributed by atoms with Gasteiger partial charge in [-0.1, -0.05) is 0 Å². The first-order valence-electron chi connectivity index (χ1n) is 4.33. The van der Waals surface area contributed by atoms with E-state index >= 15 is 0 Å². The molecule has 0 heterocycles. The number of ketones is 2. The van der Waals surface area contributed by atoms with Crippen LogP contribution in [-0.2, 0) is 19.1 Å². The zero-order valence-electron chi connectivity index (χ0n) is 8.19. The molecule has 0 fully saturated rings. The van der Waals surface area contributed by atoms with E-state index in [2.05, 4.69) is 4.74 Å². The summed E-state index contributed by atoms with van der Waals surface area (Å²) in [4.78, 5) is 32.1. The molecule has 0 saturated carbocycles. The Bertz CT molecular complexity index is 215. The van der Waals surface area contributed by atoms with Crippen molar-refractivity contribution in [3.05, 3.63) is 0 Å². The van der Waals surface area contributed by atoms with E-state index in [1.165, 1.54) is 7.11 Å². The maximum Gasteiger partial charge on any atom is 0.165 e. The smallest absolute Gasteiger partial charge is 0.165 e. The van der Waals surface area contributed by atoms with Crippen LogP contribution in [0.15, 0.2) is 0 Å². The lowest BCUT2D eigenvalue weighted by molar-refractivity contribution is -0.129. The second-order valence-corrected chi connectivity index (χ2v) is 3.03. The van der Waals surface area contributed by atoms with Gasteiger partial charge in [-0.15, -0.1) is 0 Å². The molecule has 0 rings (SSSR count). The summed E-state index contributed by atoms with van der Waals surface area (Å²) in [5.41, 5.74) is 5.28. The first-order chi connectivity index (χ1) is 6.60. The molecule has 0 aliphatic rings. The molecule has 0 bridgehead atoms. The average Bonchev–Trinajstić information content (AvgIpc) is 2.14. The second kappa shape index (κ2) is 7.34. The van der Waals surface area contributed by atoms with Gasteiger partial charge in [0.05, 0.1) is 12.5 Å². The van der Waals surface area contributed by atoms with Gasteiger partial charge in [0.25, 0.3) is 0 Å². The number of ether oxygens (including phenoxy) is 1. The molecule has 0 aromatic carbocycles. The monoisotopic (exact) mass is 201 g/mol. The van der Waals surface area contributed by atoms with Gasteiger partial charge in [-0.2, -0.15) is 0 Å². The number of carbonyl (C=O) groups is 3. The topological polar surface area (TPSA) is 86.5 Å². The summed E-state index contributed by atoms with van der Waals surface area (Å²) in [6.07, 6.45) is 0.904. The molecular formula is C9H15NO4. The Morgan fingerprint density at radius 2 is 2.07 bits per heavy atom. The zero-order valence-corrected chi connectivity index (χ0v) is 8.19. The Kier molecular flexibility index (Phi) is 6.78. The van der Waals surface area contributed by atoms with Crippen molar-refractivity contribution < 1.29 is 19.1 Å². The van der Waals surface area contributed by atoms with Crippen LogP contribution in [-0.4, -0.2) is 37.6 Å². The van der Waals surface area contributed by atoms with Crippen LogP contribution in [0.25, 0.3) is 0 Å². The molecule has 1 atom stereocenters. The molecule has 2 N–H and O–H groups in total. The lowest BCUT2D eigenvalue weighted by Gasteiger charge is -2.02. The maximum atomic E-state index is 11.1. The lowest BCUT2D eigenvalue weighted by Crippen LogP contribution is -2.23. The van der Waals surface area contributed by atoms with Gasteiger partial charge >= 0.3 is 0 Å². The summed E-state index contributed by atoms with van der Waals surface area (Å²) in [7, 11) is 1.39. The minimum atomic E-state index is -0.614. The maximum absolute atomic E-state index is 11.1. The minimum Gasteiger partial charge on any atom is -0.377 e.